The van der Waals surface area contributed by atoms with Crippen molar-refractivity contribution in [3.63, 3.8) is 0 Å². The van der Waals surface area contributed by atoms with E-state index in [1.807, 2.05) is 0 Å². The Kier molecular flexibility index (Phi) is 7.94. The molecule has 0 saturated carbocycles. The molecular formula is C13H25N3O2. The van der Waals surface area contributed by atoms with Crippen LogP contribution in [0.25, 0.3) is 0 Å². The number of ether oxygens (including phenoxy) is 2. The molecule has 1 atom stereocenters. The van der Waals surface area contributed by atoms with E-state index in [0.29, 0.717) is 13.2 Å². The maximum Gasteiger partial charge on any atom is 0.0976 e. The molecule has 0 aromatic heterocycles. The molecule has 0 aromatic rings. The van der Waals surface area contributed by atoms with E-state index >= 15 is 0 Å². The zero-order valence-electron chi connectivity index (χ0n) is 11.6. The molecule has 1 aliphatic rings. The van der Waals surface area contributed by atoms with Gasteiger partial charge in [0.1, 0.15) is 0 Å². The van der Waals surface area contributed by atoms with E-state index in [0.717, 1.165) is 45.8 Å². The number of rotatable bonds is 8. The van der Waals surface area contributed by atoms with Gasteiger partial charge in [0.15, 0.2) is 0 Å². The van der Waals surface area contributed by atoms with E-state index in [4.69, 9.17) is 14.7 Å². The zero-order valence-corrected chi connectivity index (χ0v) is 11.6. The van der Waals surface area contributed by atoms with Crippen LogP contribution in [0.15, 0.2) is 0 Å². The number of piperazine rings is 1. The highest BCUT2D eigenvalue weighted by Crippen LogP contribution is 2.08. The van der Waals surface area contributed by atoms with Gasteiger partial charge in [-0.3, -0.25) is 9.80 Å². The minimum absolute atomic E-state index is 0.0881. The Hall–Kier alpha value is -0.670. The molecule has 0 radical (unpaired) electrons. The van der Waals surface area contributed by atoms with Crippen LogP contribution in [0.3, 0.4) is 0 Å². The summed E-state index contributed by atoms with van der Waals surface area (Å²) in [5, 5.41) is 9.03. The Bertz CT molecular complexity index is 247. The highest BCUT2D eigenvalue weighted by Gasteiger charge is 2.21. The lowest BCUT2D eigenvalue weighted by atomic mass is 10.2. The predicted molar refractivity (Wildman–Crippen MR) is 70.4 cm³/mol. The SMILES string of the molecule is CCC(C#N)N1CCN(CCOCCOC)CC1. The highest BCUT2D eigenvalue weighted by molar-refractivity contribution is 4.92. The summed E-state index contributed by atoms with van der Waals surface area (Å²) in [6.45, 7) is 9.19. The molecule has 104 valence electrons. The molecule has 1 unspecified atom stereocenters. The van der Waals surface area contributed by atoms with Gasteiger partial charge in [0.2, 0.25) is 0 Å². The van der Waals surface area contributed by atoms with Crippen LogP contribution in [0.2, 0.25) is 0 Å². The van der Waals surface area contributed by atoms with E-state index in [-0.39, 0.29) is 6.04 Å². The molecule has 5 heteroatoms. The molecule has 0 N–H and O–H groups in total. The minimum atomic E-state index is 0.0881. The number of nitrogens with zero attached hydrogens (tertiary/aromatic N) is 3. The fraction of sp³-hybridized carbons (Fsp3) is 0.923. The minimum Gasteiger partial charge on any atom is -0.382 e. The van der Waals surface area contributed by atoms with Gasteiger partial charge in [-0.25, -0.2) is 0 Å². The second kappa shape index (κ2) is 9.29. The average Bonchev–Trinajstić information content (AvgIpc) is 2.41. The molecule has 5 nitrogen and oxygen atoms in total. The van der Waals surface area contributed by atoms with Crippen molar-refractivity contribution in [1.29, 1.82) is 5.26 Å². The molecule has 0 amide bonds. The summed E-state index contributed by atoms with van der Waals surface area (Å²) < 4.78 is 10.4. The van der Waals surface area contributed by atoms with E-state index in [1.165, 1.54) is 0 Å². The van der Waals surface area contributed by atoms with Crippen molar-refractivity contribution >= 4 is 0 Å². The molecule has 1 fully saturated rings. The maximum atomic E-state index is 9.03. The number of methoxy groups -OCH3 is 1. The van der Waals surface area contributed by atoms with E-state index in [1.54, 1.807) is 7.11 Å². The maximum absolute atomic E-state index is 9.03. The van der Waals surface area contributed by atoms with Gasteiger partial charge in [-0.15, -0.1) is 0 Å². The lowest BCUT2D eigenvalue weighted by Crippen LogP contribution is -2.50. The van der Waals surface area contributed by atoms with Crippen LogP contribution in [-0.2, 0) is 9.47 Å². The first-order valence-corrected chi connectivity index (χ1v) is 6.74. The molecule has 1 aliphatic heterocycles. The standard InChI is InChI=1S/C13H25N3O2/c1-3-13(12-14)16-6-4-15(5-7-16)8-9-18-11-10-17-2/h13H,3-11H2,1-2H3. The second-order valence-electron chi connectivity index (χ2n) is 4.54. The molecule has 1 heterocycles. The Balaban J connectivity index is 2.10. The first kappa shape index (κ1) is 15.4. The number of hydrogen-bond donors (Lipinski definition) is 0. The van der Waals surface area contributed by atoms with E-state index in [9.17, 15) is 0 Å². The largest absolute Gasteiger partial charge is 0.382 e. The third-order valence-electron chi connectivity index (χ3n) is 3.37. The molecule has 0 aliphatic carbocycles. The van der Waals surface area contributed by atoms with Crippen molar-refractivity contribution in [2.75, 3.05) is 59.7 Å². The molecule has 0 aromatic carbocycles. The van der Waals surface area contributed by atoms with Gasteiger partial charge in [0.25, 0.3) is 0 Å². The zero-order chi connectivity index (χ0) is 13.2. The van der Waals surface area contributed by atoms with Crippen LogP contribution < -0.4 is 0 Å². The monoisotopic (exact) mass is 255 g/mol. The first-order valence-electron chi connectivity index (χ1n) is 6.74. The van der Waals surface area contributed by atoms with Crippen molar-refractivity contribution in [3.05, 3.63) is 0 Å². The molecule has 1 rings (SSSR count). The Morgan fingerprint density at radius 3 is 2.44 bits per heavy atom. The smallest absolute Gasteiger partial charge is 0.0976 e. The first-order chi connectivity index (χ1) is 8.81. The van der Waals surface area contributed by atoms with Crippen LogP contribution in [0.4, 0.5) is 0 Å². The molecule has 18 heavy (non-hydrogen) atoms. The van der Waals surface area contributed by atoms with Crippen LogP contribution in [-0.4, -0.2) is 75.5 Å². The number of hydrogen-bond acceptors (Lipinski definition) is 5. The fourth-order valence-corrected chi connectivity index (χ4v) is 2.17. The van der Waals surface area contributed by atoms with Gasteiger partial charge in [-0.2, -0.15) is 5.26 Å². The fourth-order valence-electron chi connectivity index (χ4n) is 2.17. The third kappa shape index (κ3) is 5.32. The predicted octanol–water partition coefficient (Wildman–Crippen LogP) is 0.569. The quantitative estimate of drug-likeness (QED) is 0.593. The van der Waals surface area contributed by atoms with Gasteiger partial charge < -0.3 is 9.47 Å². The summed E-state index contributed by atoms with van der Waals surface area (Å²) in [5.74, 6) is 0. The Labute approximate surface area is 110 Å². The summed E-state index contributed by atoms with van der Waals surface area (Å²) in [5.41, 5.74) is 0. The summed E-state index contributed by atoms with van der Waals surface area (Å²) >= 11 is 0. The summed E-state index contributed by atoms with van der Waals surface area (Å²) in [7, 11) is 1.68. The Morgan fingerprint density at radius 1 is 1.17 bits per heavy atom. The van der Waals surface area contributed by atoms with Crippen molar-refractivity contribution < 1.29 is 9.47 Å². The van der Waals surface area contributed by atoms with Crippen LogP contribution in [0.1, 0.15) is 13.3 Å². The third-order valence-corrected chi connectivity index (χ3v) is 3.37. The van der Waals surface area contributed by atoms with Crippen LogP contribution >= 0.6 is 0 Å². The van der Waals surface area contributed by atoms with Crippen LogP contribution in [0, 0.1) is 11.3 Å². The van der Waals surface area contributed by atoms with Crippen molar-refractivity contribution in [3.8, 4) is 6.07 Å². The van der Waals surface area contributed by atoms with Gasteiger partial charge in [-0.1, -0.05) is 6.92 Å². The lowest BCUT2D eigenvalue weighted by Gasteiger charge is -2.36. The average molecular weight is 255 g/mol. The van der Waals surface area contributed by atoms with Gasteiger partial charge >= 0.3 is 0 Å². The topological polar surface area (TPSA) is 48.7 Å². The van der Waals surface area contributed by atoms with Crippen molar-refractivity contribution in [2.24, 2.45) is 0 Å². The summed E-state index contributed by atoms with van der Waals surface area (Å²) in [6.07, 6.45) is 0.913. The number of nitriles is 1. The molecule has 0 bridgehead atoms. The normalized spacial score (nSPS) is 19.6. The summed E-state index contributed by atoms with van der Waals surface area (Å²) in [6, 6.07) is 2.46. The molecule has 0 spiro atoms. The van der Waals surface area contributed by atoms with Crippen molar-refractivity contribution in [1.82, 2.24) is 9.80 Å². The molecular weight excluding hydrogens is 230 g/mol. The van der Waals surface area contributed by atoms with E-state index < -0.39 is 0 Å². The van der Waals surface area contributed by atoms with E-state index in [2.05, 4.69) is 22.8 Å². The van der Waals surface area contributed by atoms with Gasteiger partial charge in [0, 0.05) is 39.8 Å². The van der Waals surface area contributed by atoms with Gasteiger partial charge in [-0.05, 0) is 6.42 Å². The summed E-state index contributed by atoms with van der Waals surface area (Å²) in [4.78, 5) is 4.68. The van der Waals surface area contributed by atoms with Crippen LogP contribution in [0.5, 0.6) is 0 Å². The molecule has 1 saturated heterocycles. The van der Waals surface area contributed by atoms with Gasteiger partial charge in [0.05, 0.1) is 31.9 Å². The lowest BCUT2D eigenvalue weighted by molar-refractivity contribution is 0.0431. The Morgan fingerprint density at radius 2 is 1.89 bits per heavy atom. The second-order valence-corrected chi connectivity index (χ2v) is 4.54. The highest BCUT2D eigenvalue weighted by atomic mass is 16.5. The van der Waals surface area contributed by atoms with Crippen molar-refractivity contribution in [2.45, 2.75) is 19.4 Å².